The van der Waals surface area contributed by atoms with Crippen molar-refractivity contribution in [2.45, 2.75) is 6.61 Å². The number of rotatable bonds is 4. The van der Waals surface area contributed by atoms with Crippen molar-refractivity contribution < 1.29 is 9.47 Å². The Morgan fingerprint density at radius 2 is 2.11 bits per heavy atom. The quantitative estimate of drug-likeness (QED) is 0.871. The number of hydrogen-bond donors (Lipinski definition) is 1. The third-order valence-electron chi connectivity index (χ3n) is 2.41. The van der Waals surface area contributed by atoms with E-state index in [0.29, 0.717) is 13.2 Å². The molecule has 0 saturated heterocycles. The van der Waals surface area contributed by atoms with E-state index >= 15 is 0 Å². The summed E-state index contributed by atoms with van der Waals surface area (Å²) in [5, 5.41) is 2.01. The molecule has 0 fully saturated rings. The summed E-state index contributed by atoms with van der Waals surface area (Å²) in [7, 11) is 1.64. The second kappa shape index (κ2) is 6.83. The molecule has 19 heavy (non-hydrogen) atoms. The van der Waals surface area contributed by atoms with Crippen LogP contribution in [0.4, 0.5) is 0 Å². The standard InChI is InChI=1S/C15H15NO2S/c1-17-13-5-2-6-14(9-13)18-10-15-8-12(11-19-15)4-3-7-16/h2,5-6,8-9,11H,7,10,16H2,1H3. The summed E-state index contributed by atoms with van der Waals surface area (Å²) < 4.78 is 10.9. The predicted octanol–water partition coefficient (Wildman–Crippen LogP) is 2.65. The fourth-order valence-corrected chi connectivity index (χ4v) is 2.25. The van der Waals surface area contributed by atoms with Crippen molar-refractivity contribution in [3.8, 4) is 23.3 Å². The van der Waals surface area contributed by atoms with Gasteiger partial charge in [-0.15, -0.1) is 11.3 Å². The lowest BCUT2D eigenvalue weighted by molar-refractivity contribution is 0.307. The summed E-state index contributed by atoms with van der Waals surface area (Å²) >= 11 is 1.63. The molecule has 98 valence electrons. The molecule has 0 bridgehead atoms. The van der Waals surface area contributed by atoms with Crippen LogP contribution in [0.25, 0.3) is 0 Å². The predicted molar refractivity (Wildman–Crippen MR) is 77.6 cm³/mol. The van der Waals surface area contributed by atoms with E-state index in [0.717, 1.165) is 21.9 Å². The SMILES string of the molecule is COc1cccc(OCc2cc(C#CCN)cs2)c1. The molecule has 0 aliphatic heterocycles. The molecule has 4 heteroatoms. The summed E-state index contributed by atoms with van der Waals surface area (Å²) in [6.07, 6.45) is 0. The van der Waals surface area contributed by atoms with Gasteiger partial charge in [-0.3, -0.25) is 0 Å². The Balaban J connectivity index is 1.96. The zero-order valence-corrected chi connectivity index (χ0v) is 11.5. The summed E-state index contributed by atoms with van der Waals surface area (Å²) in [5.41, 5.74) is 6.32. The van der Waals surface area contributed by atoms with Crippen molar-refractivity contribution in [1.82, 2.24) is 0 Å². The van der Waals surface area contributed by atoms with Gasteiger partial charge in [-0.1, -0.05) is 17.9 Å². The molecule has 2 rings (SSSR count). The first-order valence-corrected chi connectivity index (χ1v) is 6.73. The van der Waals surface area contributed by atoms with Gasteiger partial charge in [0.25, 0.3) is 0 Å². The Labute approximate surface area is 117 Å². The van der Waals surface area contributed by atoms with Crippen molar-refractivity contribution in [3.05, 3.63) is 46.2 Å². The normalized spacial score (nSPS) is 9.58. The second-order valence-electron chi connectivity index (χ2n) is 3.78. The summed E-state index contributed by atoms with van der Waals surface area (Å²) in [6, 6.07) is 9.58. The lowest BCUT2D eigenvalue weighted by Crippen LogP contribution is -1.93. The molecule has 0 aliphatic rings. The largest absolute Gasteiger partial charge is 0.497 e. The Morgan fingerprint density at radius 3 is 2.89 bits per heavy atom. The van der Waals surface area contributed by atoms with Gasteiger partial charge >= 0.3 is 0 Å². The van der Waals surface area contributed by atoms with Gasteiger partial charge in [-0.2, -0.15) is 0 Å². The van der Waals surface area contributed by atoms with E-state index in [1.807, 2.05) is 35.7 Å². The molecule has 3 nitrogen and oxygen atoms in total. The third-order valence-corrected chi connectivity index (χ3v) is 3.32. The number of nitrogens with two attached hydrogens (primary N) is 1. The van der Waals surface area contributed by atoms with Gasteiger partial charge in [0.15, 0.2) is 0 Å². The Kier molecular flexibility index (Phi) is 4.85. The zero-order chi connectivity index (χ0) is 13.5. The van der Waals surface area contributed by atoms with Crippen LogP contribution in [0.3, 0.4) is 0 Å². The van der Waals surface area contributed by atoms with Gasteiger partial charge in [-0.05, 0) is 18.2 Å². The maximum Gasteiger partial charge on any atom is 0.123 e. The van der Waals surface area contributed by atoms with E-state index in [2.05, 4.69) is 11.8 Å². The molecule has 2 aromatic rings. The van der Waals surface area contributed by atoms with Crippen LogP contribution >= 0.6 is 11.3 Å². The van der Waals surface area contributed by atoms with Gasteiger partial charge in [-0.25, -0.2) is 0 Å². The van der Waals surface area contributed by atoms with Crippen LogP contribution in [0.2, 0.25) is 0 Å². The molecular weight excluding hydrogens is 258 g/mol. The maximum absolute atomic E-state index is 5.71. The Morgan fingerprint density at radius 1 is 1.26 bits per heavy atom. The topological polar surface area (TPSA) is 44.5 Å². The van der Waals surface area contributed by atoms with Crippen molar-refractivity contribution in [2.75, 3.05) is 13.7 Å². The van der Waals surface area contributed by atoms with E-state index in [-0.39, 0.29) is 0 Å². The number of thiophene rings is 1. The lowest BCUT2D eigenvalue weighted by Gasteiger charge is -2.06. The molecule has 0 radical (unpaired) electrons. The molecule has 0 saturated carbocycles. The molecule has 0 atom stereocenters. The zero-order valence-electron chi connectivity index (χ0n) is 10.7. The molecule has 0 aliphatic carbocycles. The van der Waals surface area contributed by atoms with Gasteiger partial charge in [0.05, 0.1) is 13.7 Å². The summed E-state index contributed by atoms with van der Waals surface area (Å²) in [6.45, 7) is 0.910. The fraction of sp³-hybridized carbons (Fsp3) is 0.200. The number of benzene rings is 1. The Bertz CT molecular complexity index is 595. The number of hydrogen-bond acceptors (Lipinski definition) is 4. The van der Waals surface area contributed by atoms with Crippen LogP contribution in [-0.2, 0) is 6.61 Å². The molecule has 2 N–H and O–H groups in total. The average molecular weight is 273 g/mol. The van der Waals surface area contributed by atoms with Crippen LogP contribution < -0.4 is 15.2 Å². The van der Waals surface area contributed by atoms with Crippen molar-refractivity contribution in [1.29, 1.82) is 0 Å². The van der Waals surface area contributed by atoms with E-state index < -0.39 is 0 Å². The van der Waals surface area contributed by atoms with Crippen molar-refractivity contribution >= 4 is 11.3 Å². The first-order chi connectivity index (χ1) is 9.31. The smallest absolute Gasteiger partial charge is 0.123 e. The van der Waals surface area contributed by atoms with Gasteiger partial charge in [0.1, 0.15) is 18.1 Å². The van der Waals surface area contributed by atoms with Crippen molar-refractivity contribution in [3.63, 3.8) is 0 Å². The summed E-state index contributed by atoms with van der Waals surface area (Å²) in [5.74, 6) is 7.42. The molecule has 0 unspecified atom stereocenters. The monoisotopic (exact) mass is 273 g/mol. The first-order valence-electron chi connectivity index (χ1n) is 5.85. The van der Waals surface area contributed by atoms with Gasteiger partial charge in [0.2, 0.25) is 0 Å². The fourth-order valence-electron chi connectivity index (χ4n) is 1.52. The molecule has 0 spiro atoms. The van der Waals surface area contributed by atoms with Gasteiger partial charge in [0, 0.05) is 21.9 Å². The highest BCUT2D eigenvalue weighted by Crippen LogP contribution is 2.21. The minimum atomic E-state index is 0.380. The third kappa shape index (κ3) is 4.02. The second-order valence-corrected chi connectivity index (χ2v) is 4.77. The highest BCUT2D eigenvalue weighted by atomic mass is 32.1. The van der Waals surface area contributed by atoms with Crippen LogP contribution in [0.5, 0.6) is 11.5 Å². The number of methoxy groups -OCH3 is 1. The molecule has 0 amide bonds. The number of ether oxygens (including phenoxy) is 2. The lowest BCUT2D eigenvalue weighted by atomic mass is 10.3. The minimum Gasteiger partial charge on any atom is -0.497 e. The van der Waals surface area contributed by atoms with Gasteiger partial charge < -0.3 is 15.2 Å². The highest BCUT2D eigenvalue weighted by Gasteiger charge is 2.01. The average Bonchev–Trinajstić information content (AvgIpc) is 2.91. The van der Waals surface area contributed by atoms with Crippen LogP contribution in [0.15, 0.2) is 35.7 Å². The van der Waals surface area contributed by atoms with E-state index in [1.165, 1.54) is 0 Å². The molecule has 1 heterocycles. The summed E-state index contributed by atoms with van der Waals surface area (Å²) in [4.78, 5) is 1.13. The molecular formula is C15H15NO2S. The van der Waals surface area contributed by atoms with E-state index in [9.17, 15) is 0 Å². The van der Waals surface area contributed by atoms with E-state index in [1.54, 1.807) is 18.4 Å². The first kappa shape index (κ1) is 13.5. The van der Waals surface area contributed by atoms with Crippen LogP contribution in [0.1, 0.15) is 10.4 Å². The maximum atomic E-state index is 5.71. The molecule has 1 aromatic carbocycles. The van der Waals surface area contributed by atoms with E-state index in [4.69, 9.17) is 15.2 Å². The van der Waals surface area contributed by atoms with Crippen molar-refractivity contribution in [2.24, 2.45) is 5.73 Å². The van der Waals surface area contributed by atoms with Crippen LogP contribution in [-0.4, -0.2) is 13.7 Å². The minimum absolute atomic E-state index is 0.380. The van der Waals surface area contributed by atoms with Crippen LogP contribution in [0, 0.1) is 11.8 Å². The highest BCUT2D eigenvalue weighted by molar-refractivity contribution is 7.10. The Hall–Kier alpha value is -1.96. The molecule has 1 aromatic heterocycles.